The van der Waals surface area contributed by atoms with Crippen LogP contribution in [0.2, 0.25) is 0 Å². The molecule has 3 aromatic rings. The average Bonchev–Trinajstić information content (AvgIpc) is 3.33. The van der Waals surface area contributed by atoms with E-state index >= 15 is 0 Å². The number of sulfone groups is 1. The van der Waals surface area contributed by atoms with Gasteiger partial charge in [-0.05, 0) is 46.8 Å². The van der Waals surface area contributed by atoms with Crippen molar-refractivity contribution in [1.29, 1.82) is 0 Å². The van der Waals surface area contributed by atoms with Gasteiger partial charge in [0.1, 0.15) is 12.3 Å². The Balaban J connectivity index is 1.56. The van der Waals surface area contributed by atoms with Crippen molar-refractivity contribution in [2.24, 2.45) is 0 Å². The van der Waals surface area contributed by atoms with Crippen molar-refractivity contribution in [2.45, 2.75) is 22.4 Å². The molecule has 0 aliphatic rings. The third-order valence-corrected chi connectivity index (χ3v) is 5.77. The van der Waals surface area contributed by atoms with Gasteiger partial charge in [-0.1, -0.05) is 11.8 Å². The second-order valence-corrected chi connectivity index (χ2v) is 8.23. The Kier molecular flexibility index (Phi) is 6.04. The van der Waals surface area contributed by atoms with E-state index in [1.54, 1.807) is 12.1 Å². The number of aromatic nitrogens is 4. The third kappa shape index (κ3) is 4.72. The molecule has 0 aliphatic heterocycles. The zero-order valence-electron chi connectivity index (χ0n) is 14.0. The van der Waals surface area contributed by atoms with E-state index in [1.807, 2.05) is 0 Å². The summed E-state index contributed by atoms with van der Waals surface area (Å²) in [6, 6.07) is 7.98. The number of hydrogen-bond donors (Lipinski definition) is 1. The topological polar surface area (TPSA) is 120 Å². The standard InChI is InChI=1S/C15H13F2N5O4S2/c16-14(17)28(24,25)12-5-3-10(4-6-12)18-13(23)9-27-15-19-20-21-22(15)8-11-2-1-7-26-11/h1-7,14H,8-9H2,(H,18,23). The molecule has 0 fully saturated rings. The van der Waals surface area contributed by atoms with Crippen molar-refractivity contribution < 1.29 is 26.4 Å². The van der Waals surface area contributed by atoms with Gasteiger partial charge in [-0.15, -0.1) is 5.10 Å². The van der Waals surface area contributed by atoms with E-state index in [2.05, 4.69) is 20.8 Å². The fourth-order valence-electron chi connectivity index (χ4n) is 2.11. The number of alkyl halides is 2. The predicted molar refractivity (Wildman–Crippen MR) is 94.6 cm³/mol. The lowest BCUT2D eigenvalue weighted by molar-refractivity contribution is -0.113. The van der Waals surface area contributed by atoms with Crippen molar-refractivity contribution in [3.8, 4) is 0 Å². The molecule has 0 unspecified atom stereocenters. The summed E-state index contributed by atoms with van der Waals surface area (Å²) in [6.45, 7) is 0.310. The predicted octanol–water partition coefficient (Wildman–Crippen LogP) is 2.04. The maximum atomic E-state index is 12.5. The van der Waals surface area contributed by atoms with Crippen LogP contribution in [0.25, 0.3) is 0 Å². The molecule has 2 heterocycles. The maximum Gasteiger partial charge on any atom is 0.341 e. The van der Waals surface area contributed by atoms with E-state index < -0.39 is 26.4 Å². The summed E-state index contributed by atoms with van der Waals surface area (Å²) < 4.78 is 54.5. The molecule has 0 spiro atoms. The molecule has 0 radical (unpaired) electrons. The highest BCUT2D eigenvalue weighted by Gasteiger charge is 2.26. The van der Waals surface area contributed by atoms with Gasteiger partial charge < -0.3 is 9.73 Å². The molecule has 1 amide bonds. The highest BCUT2D eigenvalue weighted by molar-refractivity contribution is 7.99. The highest BCUT2D eigenvalue weighted by Crippen LogP contribution is 2.21. The highest BCUT2D eigenvalue weighted by atomic mass is 32.2. The number of thioether (sulfide) groups is 1. The van der Waals surface area contributed by atoms with Crippen LogP contribution in [-0.4, -0.2) is 46.0 Å². The number of carbonyl (C=O) groups excluding carboxylic acids is 1. The molecule has 2 aromatic heterocycles. The summed E-state index contributed by atoms with van der Waals surface area (Å²) in [7, 11) is -4.67. The van der Waals surface area contributed by atoms with E-state index in [1.165, 1.54) is 23.1 Å². The molecule has 0 aliphatic carbocycles. The monoisotopic (exact) mass is 429 g/mol. The van der Waals surface area contributed by atoms with E-state index in [-0.39, 0.29) is 11.4 Å². The fourth-order valence-corrected chi connectivity index (χ4v) is 3.51. The summed E-state index contributed by atoms with van der Waals surface area (Å²) >= 11 is 1.09. The van der Waals surface area contributed by atoms with Crippen LogP contribution >= 0.6 is 11.8 Å². The molecule has 0 bridgehead atoms. The normalized spacial score (nSPS) is 11.7. The Morgan fingerprint density at radius 1 is 1.25 bits per heavy atom. The van der Waals surface area contributed by atoms with Gasteiger partial charge in [-0.3, -0.25) is 4.79 Å². The molecule has 13 heteroatoms. The Morgan fingerprint density at radius 2 is 2.00 bits per heavy atom. The van der Waals surface area contributed by atoms with E-state index in [4.69, 9.17) is 4.42 Å². The van der Waals surface area contributed by atoms with Crippen LogP contribution in [0.1, 0.15) is 5.76 Å². The number of benzene rings is 1. The van der Waals surface area contributed by atoms with E-state index in [0.29, 0.717) is 17.5 Å². The first-order valence-electron chi connectivity index (χ1n) is 7.69. The molecule has 0 atom stereocenters. The number of nitrogens with one attached hydrogen (secondary N) is 1. The summed E-state index contributed by atoms with van der Waals surface area (Å²) in [5, 5.41) is 14.2. The lowest BCUT2D eigenvalue weighted by Gasteiger charge is -2.07. The van der Waals surface area contributed by atoms with Gasteiger partial charge in [0.05, 0.1) is 16.9 Å². The number of carbonyl (C=O) groups is 1. The number of anilines is 1. The minimum Gasteiger partial charge on any atom is -0.467 e. The number of halogens is 2. The van der Waals surface area contributed by atoms with Crippen LogP contribution in [0.15, 0.2) is 57.1 Å². The third-order valence-electron chi connectivity index (χ3n) is 3.42. The van der Waals surface area contributed by atoms with Crippen LogP contribution in [0.5, 0.6) is 0 Å². The Labute approximate surface area is 162 Å². The molecule has 9 nitrogen and oxygen atoms in total. The quantitative estimate of drug-likeness (QED) is 0.540. The zero-order chi connectivity index (χ0) is 20.1. The Bertz CT molecular complexity index is 1040. The minimum atomic E-state index is -4.67. The number of tetrazole rings is 1. The maximum absolute atomic E-state index is 12.5. The van der Waals surface area contributed by atoms with Gasteiger partial charge in [0.2, 0.25) is 20.9 Å². The molecule has 1 aromatic carbocycles. The molecular formula is C15H13F2N5O4S2. The summed E-state index contributed by atoms with van der Waals surface area (Å²) in [4.78, 5) is 11.5. The first kappa shape index (κ1) is 19.9. The van der Waals surface area contributed by atoms with Crippen LogP contribution in [0.4, 0.5) is 14.5 Å². The molecule has 28 heavy (non-hydrogen) atoms. The Morgan fingerprint density at radius 3 is 2.64 bits per heavy atom. The lowest BCUT2D eigenvalue weighted by Crippen LogP contribution is -2.15. The average molecular weight is 429 g/mol. The van der Waals surface area contributed by atoms with Gasteiger partial charge in [0.25, 0.3) is 0 Å². The zero-order valence-corrected chi connectivity index (χ0v) is 15.7. The van der Waals surface area contributed by atoms with Crippen LogP contribution in [0.3, 0.4) is 0 Å². The molecule has 0 saturated carbocycles. The van der Waals surface area contributed by atoms with Crippen LogP contribution in [0, 0.1) is 0 Å². The summed E-state index contributed by atoms with van der Waals surface area (Å²) in [6.07, 6.45) is 1.53. The number of amides is 1. The van der Waals surface area contributed by atoms with Crippen LogP contribution in [-0.2, 0) is 21.2 Å². The van der Waals surface area contributed by atoms with E-state index in [0.717, 1.165) is 23.9 Å². The molecule has 0 saturated heterocycles. The van der Waals surface area contributed by atoms with Crippen molar-refractivity contribution in [2.75, 3.05) is 11.1 Å². The Hall–Kier alpha value is -2.80. The van der Waals surface area contributed by atoms with Crippen molar-refractivity contribution in [1.82, 2.24) is 20.2 Å². The smallest absolute Gasteiger partial charge is 0.341 e. The van der Waals surface area contributed by atoms with Gasteiger partial charge in [0, 0.05) is 5.69 Å². The van der Waals surface area contributed by atoms with E-state index in [9.17, 15) is 22.0 Å². The van der Waals surface area contributed by atoms with Crippen molar-refractivity contribution in [3.05, 3.63) is 48.4 Å². The number of hydrogen-bond acceptors (Lipinski definition) is 8. The fraction of sp³-hybridized carbons (Fsp3) is 0.200. The number of furan rings is 1. The molecule has 148 valence electrons. The summed E-state index contributed by atoms with van der Waals surface area (Å²) in [5.74, 6) is -3.27. The number of nitrogens with zero attached hydrogens (tertiary/aromatic N) is 4. The molecule has 3 rings (SSSR count). The molecule has 1 N–H and O–H groups in total. The van der Waals surface area contributed by atoms with Gasteiger partial charge in [0.15, 0.2) is 0 Å². The SMILES string of the molecule is O=C(CSc1nnnn1Cc1ccco1)Nc1ccc(S(=O)(=O)C(F)F)cc1. The second kappa shape index (κ2) is 8.48. The lowest BCUT2D eigenvalue weighted by atomic mass is 10.3. The molecular weight excluding hydrogens is 416 g/mol. The van der Waals surface area contributed by atoms with Crippen molar-refractivity contribution in [3.63, 3.8) is 0 Å². The first-order valence-corrected chi connectivity index (χ1v) is 10.2. The van der Waals surface area contributed by atoms with Gasteiger partial charge in [-0.2, -0.15) is 8.78 Å². The largest absolute Gasteiger partial charge is 0.467 e. The number of rotatable bonds is 8. The van der Waals surface area contributed by atoms with Crippen LogP contribution < -0.4 is 5.32 Å². The summed E-state index contributed by atoms with van der Waals surface area (Å²) in [5.41, 5.74) is 0.272. The van der Waals surface area contributed by atoms with Gasteiger partial charge in [-0.25, -0.2) is 13.1 Å². The van der Waals surface area contributed by atoms with Gasteiger partial charge >= 0.3 is 5.76 Å². The minimum absolute atomic E-state index is 0.0182. The first-order chi connectivity index (χ1) is 13.4. The van der Waals surface area contributed by atoms with Crippen molar-refractivity contribution >= 4 is 33.2 Å². The second-order valence-electron chi connectivity index (χ2n) is 5.37.